The smallest absolute Gasteiger partial charge is 0.329 e. The van der Waals surface area contributed by atoms with Crippen LogP contribution in [0.2, 0.25) is 0 Å². The number of amides is 2. The molecule has 1 heterocycles. The van der Waals surface area contributed by atoms with E-state index in [1.807, 2.05) is 31.2 Å². The molecule has 7 heteroatoms. The molecule has 0 spiro atoms. The van der Waals surface area contributed by atoms with Crippen molar-refractivity contribution >= 4 is 22.8 Å². The molecule has 0 aliphatic heterocycles. The van der Waals surface area contributed by atoms with Gasteiger partial charge in [0.25, 0.3) is 0 Å². The number of imidazole rings is 1. The molecule has 1 aromatic carbocycles. The number of aryl methyl sites for hydroxylation is 2. The van der Waals surface area contributed by atoms with Crippen LogP contribution >= 0.6 is 0 Å². The summed E-state index contributed by atoms with van der Waals surface area (Å²) < 4.78 is 3.38. The van der Waals surface area contributed by atoms with Crippen molar-refractivity contribution in [3.8, 4) is 0 Å². The zero-order valence-electron chi connectivity index (χ0n) is 14.5. The topological polar surface area (TPSA) is 85.1 Å². The van der Waals surface area contributed by atoms with Gasteiger partial charge >= 0.3 is 5.69 Å². The highest BCUT2D eigenvalue weighted by Gasteiger charge is 2.23. The Morgan fingerprint density at radius 3 is 2.32 bits per heavy atom. The zero-order valence-corrected chi connectivity index (χ0v) is 14.5. The van der Waals surface area contributed by atoms with E-state index in [1.54, 1.807) is 9.13 Å². The summed E-state index contributed by atoms with van der Waals surface area (Å²) >= 11 is 0. The molecule has 0 unspecified atom stereocenters. The lowest BCUT2D eigenvalue weighted by Gasteiger charge is -2.06. The predicted octanol–water partition coefficient (Wildman–Crippen LogP) is 0.998. The molecule has 7 nitrogen and oxygen atoms in total. The Kier molecular flexibility index (Phi) is 5.21. The summed E-state index contributed by atoms with van der Waals surface area (Å²) in [5, 5.41) is 5.43. The molecule has 1 saturated carbocycles. The Morgan fingerprint density at radius 2 is 1.72 bits per heavy atom. The van der Waals surface area contributed by atoms with E-state index in [0.29, 0.717) is 13.1 Å². The fraction of sp³-hybridized carbons (Fsp3) is 0.500. The van der Waals surface area contributed by atoms with E-state index in [-0.39, 0.29) is 36.5 Å². The van der Waals surface area contributed by atoms with Crippen LogP contribution in [-0.4, -0.2) is 33.5 Å². The van der Waals surface area contributed by atoms with Crippen molar-refractivity contribution in [3.63, 3.8) is 0 Å². The molecule has 134 valence electrons. The molecule has 1 aliphatic rings. The number of carbonyl (C=O) groups is 2. The van der Waals surface area contributed by atoms with E-state index in [9.17, 15) is 14.4 Å². The molecule has 3 rings (SSSR count). The van der Waals surface area contributed by atoms with Crippen molar-refractivity contribution in [3.05, 3.63) is 34.7 Å². The summed E-state index contributed by atoms with van der Waals surface area (Å²) in [6, 6.07) is 7.89. The molecular formula is C18H24N4O3. The maximum absolute atomic E-state index is 12.6. The highest BCUT2D eigenvalue weighted by molar-refractivity contribution is 5.85. The minimum Gasteiger partial charge on any atom is -0.352 e. The van der Waals surface area contributed by atoms with Gasteiger partial charge in [0.15, 0.2) is 0 Å². The van der Waals surface area contributed by atoms with Crippen molar-refractivity contribution in [2.24, 2.45) is 0 Å². The van der Waals surface area contributed by atoms with Gasteiger partial charge < -0.3 is 10.6 Å². The fourth-order valence-electron chi connectivity index (χ4n) is 2.92. The Balaban J connectivity index is 1.62. The van der Waals surface area contributed by atoms with E-state index >= 15 is 0 Å². The molecule has 0 saturated heterocycles. The van der Waals surface area contributed by atoms with Crippen LogP contribution in [0.4, 0.5) is 0 Å². The third-order valence-electron chi connectivity index (χ3n) is 4.32. The largest absolute Gasteiger partial charge is 0.352 e. The SMILES string of the molecule is CCCn1c(=O)n(CCC(=O)NCC(=O)NC2CC2)c2ccccc21. The molecule has 0 atom stereocenters. The van der Waals surface area contributed by atoms with Gasteiger partial charge in [-0.3, -0.25) is 18.7 Å². The molecule has 2 aromatic rings. The Labute approximate surface area is 146 Å². The van der Waals surface area contributed by atoms with Crippen molar-refractivity contribution in [2.45, 2.75) is 51.7 Å². The average Bonchev–Trinajstić information content (AvgIpc) is 3.38. The second kappa shape index (κ2) is 7.55. The van der Waals surface area contributed by atoms with Crippen molar-refractivity contribution in [1.82, 2.24) is 19.8 Å². The molecule has 0 bridgehead atoms. The van der Waals surface area contributed by atoms with Gasteiger partial charge in [0.1, 0.15) is 0 Å². The van der Waals surface area contributed by atoms with Gasteiger partial charge in [-0.25, -0.2) is 4.79 Å². The third-order valence-corrected chi connectivity index (χ3v) is 4.32. The number of fused-ring (bicyclic) bond motifs is 1. The first-order valence-electron chi connectivity index (χ1n) is 8.84. The number of hydrogen-bond acceptors (Lipinski definition) is 3. The summed E-state index contributed by atoms with van der Waals surface area (Å²) in [6.07, 6.45) is 3.07. The summed E-state index contributed by atoms with van der Waals surface area (Å²) in [7, 11) is 0. The van der Waals surface area contributed by atoms with E-state index < -0.39 is 0 Å². The minimum atomic E-state index is -0.231. The average molecular weight is 344 g/mol. The standard InChI is InChI=1S/C18H24N4O3/c1-2-10-21-14-5-3-4-6-15(14)22(18(21)25)11-9-16(23)19-12-17(24)20-13-7-8-13/h3-6,13H,2,7-12H2,1H3,(H,19,23)(H,20,24). The van der Waals surface area contributed by atoms with Crippen LogP contribution < -0.4 is 16.3 Å². The van der Waals surface area contributed by atoms with E-state index in [0.717, 1.165) is 30.3 Å². The van der Waals surface area contributed by atoms with Crippen molar-refractivity contribution < 1.29 is 9.59 Å². The number of benzene rings is 1. The lowest BCUT2D eigenvalue weighted by Crippen LogP contribution is -2.38. The maximum Gasteiger partial charge on any atom is 0.329 e. The lowest BCUT2D eigenvalue weighted by atomic mass is 10.3. The summed E-state index contributed by atoms with van der Waals surface area (Å²) in [5.74, 6) is -0.391. The molecule has 1 aromatic heterocycles. The lowest BCUT2D eigenvalue weighted by molar-refractivity contribution is -0.126. The van der Waals surface area contributed by atoms with Crippen LogP contribution in [0.15, 0.2) is 29.1 Å². The van der Waals surface area contributed by atoms with Gasteiger partial charge in [-0.05, 0) is 31.4 Å². The second-order valence-electron chi connectivity index (χ2n) is 6.44. The number of rotatable bonds is 8. The number of carbonyl (C=O) groups excluding carboxylic acids is 2. The predicted molar refractivity (Wildman–Crippen MR) is 95.3 cm³/mol. The molecule has 1 fully saturated rings. The first kappa shape index (κ1) is 17.3. The molecular weight excluding hydrogens is 320 g/mol. The van der Waals surface area contributed by atoms with Gasteiger partial charge in [-0.2, -0.15) is 0 Å². The summed E-state index contributed by atoms with van der Waals surface area (Å²) in [6.45, 7) is 2.96. The Morgan fingerprint density at radius 1 is 1.08 bits per heavy atom. The van der Waals surface area contributed by atoms with Gasteiger partial charge in [0, 0.05) is 25.6 Å². The van der Waals surface area contributed by atoms with Crippen LogP contribution in [0.3, 0.4) is 0 Å². The van der Waals surface area contributed by atoms with Gasteiger partial charge in [-0.15, -0.1) is 0 Å². The molecule has 2 N–H and O–H groups in total. The summed E-state index contributed by atoms with van der Waals surface area (Å²) in [5.41, 5.74) is 1.63. The van der Waals surface area contributed by atoms with Crippen LogP contribution in [0.1, 0.15) is 32.6 Å². The van der Waals surface area contributed by atoms with E-state index in [1.165, 1.54) is 0 Å². The van der Waals surface area contributed by atoms with Crippen LogP contribution in [0.25, 0.3) is 11.0 Å². The number of hydrogen-bond donors (Lipinski definition) is 2. The zero-order chi connectivity index (χ0) is 17.8. The highest BCUT2D eigenvalue weighted by atomic mass is 16.2. The number of nitrogens with zero attached hydrogens (tertiary/aromatic N) is 2. The normalized spacial score (nSPS) is 13.8. The number of nitrogens with one attached hydrogen (secondary N) is 2. The monoisotopic (exact) mass is 344 g/mol. The van der Waals surface area contributed by atoms with Crippen molar-refractivity contribution in [1.29, 1.82) is 0 Å². The first-order valence-corrected chi connectivity index (χ1v) is 8.84. The van der Waals surface area contributed by atoms with Gasteiger partial charge in [0.2, 0.25) is 11.8 Å². The third kappa shape index (κ3) is 4.10. The van der Waals surface area contributed by atoms with Crippen molar-refractivity contribution in [2.75, 3.05) is 6.54 Å². The second-order valence-corrected chi connectivity index (χ2v) is 6.44. The molecule has 25 heavy (non-hydrogen) atoms. The molecule has 1 aliphatic carbocycles. The van der Waals surface area contributed by atoms with Crippen LogP contribution in [0, 0.1) is 0 Å². The highest BCUT2D eigenvalue weighted by Crippen LogP contribution is 2.18. The number of para-hydroxylation sites is 2. The summed E-state index contributed by atoms with van der Waals surface area (Å²) in [4.78, 5) is 36.2. The first-order chi connectivity index (χ1) is 12.1. The van der Waals surface area contributed by atoms with Crippen LogP contribution in [0.5, 0.6) is 0 Å². The number of aromatic nitrogens is 2. The van der Waals surface area contributed by atoms with Gasteiger partial charge in [0.05, 0.1) is 17.6 Å². The van der Waals surface area contributed by atoms with E-state index in [4.69, 9.17) is 0 Å². The minimum absolute atomic E-state index is 0.0121. The maximum atomic E-state index is 12.6. The Bertz CT molecular complexity index is 832. The quantitative estimate of drug-likeness (QED) is 0.749. The molecule has 0 radical (unpaired) electrons. The Hall–Kier alpha value is -2.57. The van der Waals surface area contributed by atoms with E-state index in [2.05, 4.69) is 10.6 Å². The van der Waals surface area contributed by atoms with Gasteiger partial charge in [-0.1, -0.05) is 19.1 Å². The fourth-order valence-corrected chi connectivity index (χ4v) is 2.92. The molecule has 2 amide bonds. The van der Waals surface area contributed by atoms with Crippen LogP contribution in [-0.2, 0) is 22.7 Å².